The summed E-state index contributed by atoms with van der Waals surface area (Å²) in [5, 5.41) is 7.84. The summed E-state index contributed by atoms with van der Waals surface area (Å²) in [6, 6.07) is 7.10. The minimum Gasteiger partial charge on any atom is -0.267 e. The molecular formula is C15H15F3N2O. The third kappa shape index (κ3) is 2.66. The number of aromatic amines is 1. The molecule has 112 valence electrons. The SMILES string of the molecule is O=c1[nH]nc([C@H]2CC[C@H](C(F)(F)F)CC2)c2ccccc12. The predicted molar refractivity (Wildman–Crippen MR) is 73.1 cm³/mol. The number of hydrogen-bond acceptors (Lipinski definition) is 2. The molecule has 1 saturated carbocycles. The minimum atomic E-state index is -4.11. The highest BCUT2D eigenvalue weighted by atomic mass is 19.4. The van der Waals surface area contributed by atoms with E-state index in [4.69, 9.17) is 0 Å². The Kier molecular flexibility index (Phi) is 3.47. The first-order valence-corrected chi connectivity index (χ1v) is 7.01. The van der Waals surface area contributed by atoms with Crippen LogP contribution in [-0.4, -0.2) is 16.4 Å². The standard InChI is InChI=1S/C15H15F3N2O/c16-15(17,18)10-7-5-9(6-8-10)13-11-3-1-2-4-12(11)14(21)20-19-13/h1-4,9-10H,5-8H2,(H,20,21)/t9-,10-. The van der Waals surface area contributed by atoms with Crippen molar-refractivity contribution < 1.29 is 13.2 Å². The average molecular weight is 296 g/mol. The Morgan fingerprint density at radius 1 is 1.05 bits per heavy atom. The number of rotatable bonds is 1. The molecular weight excluding hydrogens is 281 g/mol. The fourth-order valence-corrected chi connectivity index (χ4v) is 3.14. The lowest BCUT2D eigenvalue weighted by atomic mass is 9.79. The average Bonchev–Trinajstić information content (AvgIpc) is 2.47. The second-order valence-corrected chi connectivity index (χ2v) is 5.57. The van der Waals surface area contributed by atoms with Crippen LogP contribution < -0.4 is 5.56 Å². The maximum Gasteiger partial charge on any atom is 0.391 e. The summed E-state index contributed by atoms with van der Waals surface area (Å²) in [7, 11) is 0. The van der Waals surface area contributed by atoms with Crippen LogP contribution >= 0.6 is 0 Å². The number of H-pyrrole nitrogens is 1. The van der Waals surface area contributed by atoms with E-state index in [2.05, 4.69) is 10.2 Å². The molecule has 3 rings (SSSR count). The second kappa shape index (κ2) is 5.16. The summed E-state index contributed by atoms with van der Waals surface area (Å²) in [5.41, 5.74) is 0.448. The Balaban J connectivity index is 1.90. The van der Waals surface area contributed by atoms with Gasteiger partial charge in [-0.25, -0.2) is 5.10 Å². The number of alkyl halides is 3. The molecule has 21 heavy (non-hydrogen) atoms. The van der Waals surface area contributed by atoms with Crippen molar-refractivity contribution in [2.45, 2.75) is 37.8 Å². The zero-order valence-electron chi connectivity index (χ0n) is 11.3. The molecule has 1 fully saturated rings. The van der Waals surface area contributed by atoms with Crippen molar-refractivity contribution in [2.24, 2.45) is 5.92 Å². The van der Waals surface area contributed by atoms with E-state index in [1.807, 2.05) is 12.1 Å². The van der Waals surface area contributed by atoms with Gasteiger partial charge in [-0.05, 0) is 31.7 Å². The van der Waals surface area contributed by atoms with Crippen LogP contribution in [0.2, 0.25) is 0 Å². The molecule has 2 aromatic rings. The Labute approximate surface area is 119 Å². The molecule has 0 bridgehead atoms. The fourth-order valence-electron chi connectivity index (χ4n) is 3.14. The lowest BCUT2D eigenvalue weighted by Gasteiger charge is -2.29. The topological polar surface area (TPSA) is 45.8 Å². The summed E-state index contributed by atoms with van der Waals surface area (Å²) in [5.74, 6) is -1.23. The molecule has 1 aromatic heterocycles. The smallest absolute Gasteiger partial charge is 0.267 e. The zero-order chi connectivity index (χ0) is 15.0. The van der Waals surface area contributed by atoms with Crippen LogP contribution in [0.1, 0.15) is 37.3 Å². The molecule has 3 nitrogen and oxygen atoms in total. The van der Waals surface area contributed by atoms with Gasteiger partial charge >= 0.3 is 6.18 Å². The first kappa shape index (κ1) is 14.1. The molecule has 0 radical (unpaired) electrons. The van der Waals surface area contributed by atoms with E-state index in [-0.39, 0.29) is 24.3 Å². The summed E-state index contributed by atoms with van der Waals surface area (Å²) in [4.78, 5) is 11.7. The minimum absolute atomic E-state index is 0.0228. The van der Waals surface area contributed by atoms with Crippen molar-refractivity contribution in [3.63, 3.8) is 0 Å². The molecule has 0 unspecified atom stereocenters. The van der Waals surface area contributed by atoms with Crippen LogP contribution in [0, 0.1) is 5.92 Å². The second-order valence-electron chi connectivity index (χ2n) is 5.57. The van der Waals surface area contributed by atoms with E-state index in [0.717, 1.165) is 5.39 Å². The lowest BCUT2D eigenvalue weighted by Crippen LogP contribution is -2.27. The molecule has 1 aliphatic carbocycles. The van der Waals surface area contributed by atoms with E-state index in [9.17, 15) is 18.0 Å². The van der Waals surface area contributed by atoms with Crippen LogP contribution in [0.25, 0.3) is 10.8 Å². The van der Waals surface area contributed by atoms with Gasteiger partial charge in [0.25, 0.3) is 5.56 Å². The maximum atomic E-state index is 12.7. The molecule has 1 heterocycles. The number of nitrogens with one attached hydrogen (secondary N) is 1. The van der Waals surface area contributed by atoms with Crippen molar-refractivity contribution in [3.05, 3.63) is 40.3 Å². The lowest BCUT2D eigenvalue weighted by molar-refractivity contribution is -0.182. The van der Waals surface area contributed by atoms with Crippen LogP contribution in [0.15, 0.2) is 29.1 Å². The van der Waals surface area contributed by atoms with Gasteiger partial charge in [0.05, 0.1) is 17.0 Å². The Morgan fingerprint density at radius 3 is 2.29 bits per heavy atom. The summed E-state index contributed by atoms with van der Waals surface area (Å²) < 4.78 is 38.1. The van der Waals surface area contributed by atoms with Gasteiger partial charge in [-0.15, -0.1) is 0 Å². The van der Waals surface area contributed by atoms with Crippen molar-refractivity contribution >= 4 is 10.8 Å². The quantitative estimate of drug-likeness (QED) is 0.871. The van der Waals surface area contributed by atoms with Gasteiger partial charge in [-0.2, -0.15) is 18.3 Å². The first-order valence-electron chi connectivity index (χ1n) is 7.01. The van der Waals surface area contributed by atoms with E-state index in [1.54, 1.807) is 12.1 Å². The van der Waals surface area contributed by atoms with Gasteiger partial charge in [-0.1, -0.05) is 18.2 Å². The molecule has 0 aliphatic heterocycles. The van der Waals surface area contributed by atoms with E-state index in [1.165, 1.54) is 0 Å². The third-order valence-electron chi connectivity index (χ3n) is 4.30. The molecule has 0 amide bonds. The molecule has 0 saturated heterocycles. The fraction of sp³-hybridized carbons (Fsp3) is 0.467. The van der Waals surface area contributed by atoms with Gasteiger partial charge in [0, 0.05) is 11.3 Å². The molecule has 6 heteroatoms. The van der Waals surface area contributed by atoms with E-state index in [0.29, 0.717) is 23.9 Å². The van der Waals surface area contributed by atoms with Crippen molar-refractivity contribution in [3.8, 4) is 0 Å². The molecule has 0 atom stereocenters. The van der Waals surface area contributed by atoms with Crippen molar-refractivity contribution in [1.82, 2.24) is 10.2 Å². The largest absolute Gasteiger partial charge is 0.391 e. The Bertz CT molecular complexity index is 700. The maximum absolute atomic E-state index is 12.7. The summed E-state index contributed by atoms with van der Waals surface area (Å²) >= 11 is 0. The highest BCUT2D eigenvalue weighted by Crippen LogP contribution is 2.43. The van der Waals surface area contributed by atoms with Gasteiger partial charge in [0.1, 0.15) is 0 Å². The van der Waals surface area contributed by atoms with Crippen LogP contribution in [0.5, 0.6) is 0 Å². The number of benzene rings is 1. The summed E-state index contributed by atoms with van der Waals surface area (Å²) in [6.45, 7) is 0. The zero-order valence-corrected chi connectivity index (χ0v) is 11.3. The Hall–Kier alpha value is -1.85. The van der Waals surface area contributed by atoms with E-state index < -0.39 is 12.1 Å². The van der Waals surface area contributed by atoms with E-state index >= 15 is 0 Å². The van der Waals surface area contributed by atoms with Gasteiger partial charge in [-0.3, -0.25) is 4.79 Å². The molecule has 1 N–H and O–H groups in total. The monoisotopic (exact) mass is 296 g/mol. The first-order chi connectivity index (χ1) is 9.97. The van der Waals surface area contributed by atoms with Crippen LogP contribution in [0.4, 0.5) is 13.2 Å². The highest BCUT2D eigenvalue weighted by Gasteiger charge is 2.41. The van der Waals surface area contributed by atoms with Crippen molar-refractivity contribution in [1.29, 1.82) is 0 Å². The molecule has 1 aliphatic rings. The van der Waals surface area contributed by atoms with Gasteiger partial charge < -0.3 is 0 Å². The number of aromatic nitrogens is 2. The number of hydrogen-bond donors (Lipinski definition) is 1. The van der Waals surface area contributed by atoms with Gasteiger partial charge in [0.2, 0.25) is 0 Å². The predicted octanol–water partition coefficient (Wildman–Crippen LogP) is 3.76. The van der Waals surface area contributed by atoms with Crippen LogP contribution in [-0.2, 0) is 0 Å². The number of halogens is 3. The normalized spacial score (nSPS) is 23.4. The molecule has 0 spiro atoms. The number of fused-ring (bicyclic) bond motifs is 1. The third-order valence-corrected chi connectivity index (χ3v) is 4.30. The highest BCUT2D eigenvalue weighted by molar-refractivity contribution is 5.83. The number of nitrogens with zero attached hydrogens (tertiary/aromatic N) is 1. The van der Waals surface area contributed by atoms with Gasteiger partial charge in [0.15, 0.2) is 0 Å². The Morgan fingerprint density at radius 2 is 1.67 bits per heavy atom. The van der Waals surface area contributed by atoms with Crippen molar-refractivity contribution in [2.75, 3.05) is 0 Å². The molecule has 1 aromatic carbocycles. The van der Waals surface area contributed by atoms with Crippen LogP contribution in [0.3, 0.4) is 0 Å². The summed E-state index contributed by atoms with van der Waals surface area (Å²) in [6.07, 6.45) is -2.95.